The number of hydrogen-bond donors (Lipinski definition) is 1. The van der Waals surface area contributed by atoms with Gasteiger partial charge in [-0.2, -0.15) is 5.10 Å². The fourth-order valence-electron chi connectivity index (χ4n) is 3.33. The highest BCUT2D eigenvalue weighted by Crippen LogP contribution is 2.39. The number of rotatable bonds is 4. The van der Waals surface area contributed by atoms with E-state index >= 15 is 0 Å². The van der Waals surface area contributed by atoms with Crippen molar-refractivity contribution >= 4 is 56.3 Å². The van der Waals surface area contributed by atoms with Crippen LogP contribution in [-0.4, -0.2) is 39.2 Å². The number of likely N-dealkylation sites (N-methyl/N-ethyl adjacent to an activating group) is 1. The first kappa shape index (κ1) is 19.3. The molecule has 0 unspecified atom stereocenters. The molecule has 0 aliphatic carbocycles. The Hall–Kier alpha value is -1.44. The molecule has 1 aromatic heterocycles. The third-order valence-corrected chi connectivity index (χ3v) is 6.76. The van der Waals surface area contributed by atoms with Crippen LogP contribution in [0.1, 0.15) is 24.1 Å². The minimum Gasteiger partial charge on any atom is -0.368 e. The largest absolute Gasteiger partial charge is 0.368 e. The van der Waals surface area contributed by atoms with Crippen molar-refractivity contribution in [3.8, 4) is 0 Å². The normalized spacial score (nSPS) is 19.9. The Morgan fingerprint density at radius 2 is 2.12 bits per heavy atom. The number of benzene rings is 1. The minimum absolute atomic E-state index is 0.112. The van der Waals surface area contributed by atoms with Crippen molar-refractivity contribution in [3.05, 3.63) is 45.1 Å². The van der Waals surface area contributed by atoms with Crippen LogP contribution in [-0.2, 0) is 18.3 Å². The van der Waals surface area contributed by atoms with E-state index < -0.39 is 5.92 Å². The van der Waals surface area contributed by atoms with Crippen molar-refractivity contribution in [3.63, 3.8) is 0 Å². The number of thiocarbonyl (C=S) groups is 1. The second kappa shape index (κ2) is 7.66. The molecule has 3 rings (SSSR count). The molecule has 2 atom stereocenters. The number of halogens is 2. The van der Waals surface area contributed by atoms with Gasteiger partial charge < -0.3 is 10.2 Å². The van der Waals surface area contributed by atoms with Gasteiger partial charge in [0.05, 0.1) is 21.1 Å². The molecule has 5 nitrogen and oxygen atoms in total. The van der Waals surface area contributed by atoms with Gasteiger partial charge >= 0.3 is 0 Å². The molecule has 1 aliphatic rings. The second-order valence-corrected chi connectivity index (χ2v) is 7.99. The van der Waals surface area contributed by atoms with E-state index in [0.29, 0.717) is 16.7 Å². The summed E-state index contributed by atoms with van der Waals surface area (Å²) in [7, 11) is 3.68. The van der Waals surface area contributed by atoms with E-state index in [-0.39, 0.29) is 11.8 Å². The average molecular weight is 456 g/mol. The van der Waals surface area contributed by atoms with E-state index in [1.165, 1.54) is 0 Å². The van der Waals surface area contributed by atoms with Gasteiger partial charge in [0.15, 0.2) is 0 Å². The molecule has 1 aromatic carbocycles. The maximum atomic E-state index is 13.1. The Kier molecular flexibility index (Phi) is 5.69. The summed E-state index contributed by atoms with van der Waals surface area (Å²) in [5.74, 6) is -0.740. The highest BCUT2D eigenvalue weighted by atomic mass is 79.9. The fraction of sp³-hybridized carbons (Fsp3) is 0.389. The molecule has 138 valence electrons. The number of amides is 1. The summed E-state index contributed by atoms with van der Waals surface area (Å²) in [6, 6.07) is 7.82. The number of nitrogens with one attached hydrogen (secondary N) is 1. The summed E-state index contributed by atoms with van der Waals surface area (Å²) >= 11 is 15.3. The van der Waals surface area contributed by atoms with Crippen LogP contribution in [0.25, 0.3) is 0 Å². The van der Waals surface area contributed by atoms with Crippen LogP contribution in [0.4, 0.5) is 5.69 Å². The van der Waals surface area contributed by atoms with E-state index in [4.69, 9.17) is 23.8 Å². The molecule has 0 saturated carbocycles. The molecule has 1 saturated heterocycles. The molecule has 8 heteroatoms. The number of carbonyl (C=O) groups excluding carboxylic acids is 1. The summed E-state index contributed by atoms with van der Waals surface area (Å²) < 4.78 is 2.32. The molecule has 1 N–H and O–H groups in total. The smallest absolute Gasteiger partial charge is 0.235 e. The first-order valence-electron chi connectivity index (χ1n) is 8.36. The lowest BCUT2D eigenvalue weighted by Gasteiger charge is -2.18. The summed E-state index contributed by atoms with van der Waals surface area (Å²) in [5.41, 5.74) is 2.68. The fourth-order valence-corrected chi connectivity index (χ4v) is 4.44. The maximum absolute atomic E-state index is 13.1. The van der Waals surface area contributed by atoms with Gasteiger partial charge in [-0.3, -0.25) is 9.48 Å². The van der Waals surface area contributed by atoms with Crippen molar-refractivity contribution in [2.75, 3.05) is 18.9 Å². The first-order valence-corrected chi connectivity index (χ1v) is 9.94. The number of nitrogens with zero attached hydrogens (tertiary/aromatic N) is 3. The van der Waals surface area contributed by atoms with E-state index in [1.807, 2.05) is 36.2 Å². The van der Waals surface area contributed by atoms with Gasteiger partial charge in [0, 0.05) is 32.2 Å². The molecule has 1 amide bonds. The lowest BCUT2D eigenvalue weighted by Crippen LogP contribution is -2.32. The number of aromatic nitrogens is 2. The Balaban J connectivity index is 1.93. The lowest BCUT2D eigenvalue weighted by atomic mass is 9.92. The average Bonchev–Trinajstić information content (AvgIpc) is 3.06. The van der Waals surface area contributed by atoms with Crippen LogP contribution < -0.4 is 5.32 Å². The van der Waals surface area contributed by atoms with Gasteiger partial charge in [-0.1, -0.05) is 48.9 Å². The van der Waals surface area contributed by atoms with Gasteiger partial charge in [0.25, 0.3) is 0 Å². The molecule has 1 fully saturated rings. The van der Waals surface area contributed by atoms with Gasteiger partial charge in [-0.15, -0.1) is 0 Å². The van der Waals surface area contributed by atoms with Crippen molar-refractivity contribution < 1.29 is 4.79 Å². The molecular formula is C18H20BrClN4OS. The summed E-state index contributed by atoms with van der Waals surface area (Å²) in [6.45, 7) is 2.69. The van der Waals surface area contributed by atoms with E-state index in [1.54, 1.807) is 11.7 Å². The zero-order chi connectivity index (χ0) is 19.0. The van der Waals surface area contributed by atoms with Crippen LogP contribution in [0.5, 0.6) is 0 Å². The quantitative estimate of drug-likeness (QED) is 0.708. The van der Waals surface area contributed by atoms with E-state index in [9.17, 15) is 4.79 Å². The monoisotopic (exact) mass is 454 g/mol. The third-order valence-electron chi connectivity index (χ3n) is 4.75. The molecular weight excluding hydrogens is 436 g/mol. The van der Waals surface area contributed by atoms with Crippen LogP contribution in [0.2, 0.25) is 5.15 Å². The van der Waals surface area contributed by atoms with Crippen LogP contribution in [0, 0.1) is 5.92 Å². The van der Waals surface area contributed by atoms with Gasteiger partial charge in [-0.05, 0) is 34.0 Å². The minimum atomic E-state index is -0.470. The number of likely N-dealkylation sites (tertiary alicyclic amines) is 1. The Morgan fingerprint density at radius 1 is 1.42 bits per heavy atom. The van der Waals surface area contributed by atoms with Gasteiger partial charge in [0.1, 0.15) is 5.15 Å². The summed E-state index contributed by atoms with van der Waals surface area (Å²) in [4.78, 5) is 15.7. The molecule has 1 aliphatic heterocycles. The second-order valence-electron chi connectivity index (χ2n) is 6.42. The number of carbonyl (C=O) groups is 1. The molecule has 2 aromatic rings. The Bertz CT molecular complexity index is 869. The molecule has 26 heavy (non-hydrogen) atoms. The van der Waals surface area contributed by atoms with Gasteiger partial charge in [-0.25, -0.2) is 0 Å². The predicted octanol–water partition coefficient (Wildman–Crippen LogP) is 4.01. The SMILES string of the molecule is CCc1ccccc1NC(=O)[C@H]1C(=S)N(C)C[C@@H]1c1nn(C)c(Cl)c1Br. The van der Waals surface area contributed by atoms with Gasteiger partial charge in [0.2, 0.25) is 5.91 Å². The van der Waals surface area contributed by atoms with Crippen molar-refractivity contribution in [1.82, 2.24) is 14.7 Å². The third kappa shape index (κ3) is 3.40. The van der Waals surface area contributed by atoms with E-state index in [2.05, 4.69) is 33.3 Å². The zero-order valence-electron chi connectivity index (χ0n) is 14.8. The Morgan fingerprint density at radius 3 is 2.73 bits per heavy atom. The molecule has 2 heterocycles. The highest BCUT2D eigenvalue weighted by Gasteiger charge is 2.44. The lowest BCUT2D eigenvalue weighted by molar-refractivity contribution is -0.118. The topological polar surface area (TPSA) is 50.2 Å². The summed E-state index contributed by atoms with van der Waals surface area (Å²) in [5, 5.41) is 8.07. The molecule has 0 radical (unpaired) electrons. The number of para-hydroxylation sites is 1. The first-order chi connectivity index (χ1) is 12.3. The zero-order valence-corrected chi connectivity index (χ0v) is 18.0. The van der Waals surface area contributed by atoms with Crippen LogP contribution in [0.15, 0.2) is 28.7 Å². The highest BCUT2D eigenvalue weighted by molar-refractivity contribution is 9.10. The molecule has 0 bridgehead atoms. The van der Waals surface area contributed by atoms with Crippen molar-refractivity contribution in [2.45, 2.75) is 19.3 Å². The predicted molar refractivity (Wildman–Crippen MR) is 112 cm³/mol. The Labute approximate surface area is 171 Å². The maximum Gasteiger partial charge on any atom is 0.235 e. The van der Waals surface area contributed by atoms with Crippen LogP contribution >= 0.6 is 39.7 Å². The number of aryl methyl sites for hydroxylation is 2. The van der Waals surface area contributed by atoms with E-state index in [0.717, 1.165) is 27.8 Å². The number of hydrogen-bond acceptors (Lipinski definition) is 3. The number of anilines is 1. The van der Waals surface area contributed by atoms with Crippen molar-refractivity contribution in [1.29, 1.82) is 0 Å². The van der Waals surface area contributed by atoms with Crippen LogP contribution in [0.3, 0.4) is 0 Å². The standard InChI is InChI=1S/C18H20BrClN4OS/c1-4-10-7-5-6-8-12(10)21-17(25)13-11(9-23(2)18(13)26)15-14(19)16(20)24(3)22-15/h5-8,11,13H,4,9H2,1-3H3,(H,21,25)/t11-,13-/m0/s1. The van der Waals surface area contributed by atoms with Crippen molar-refractivity contribution in [2.24, 2.45) is 13.0 Å². The molecule has 0 spiro atoms. The summed E-state index contributed by atoms with van der Waals surface area (Å²) in [6.07, 6.45) is 0.844.